The van der Waals surface area contributed by atoms with E-state index < -0.39 is 5.82 Å². The molecule has 0 amide bonds. The monoisotopic (exact) mass is 281 g/mol. The minimum Gasteiger partial charge on any atom is -0.494 e. The van der Waals surface area contributed by atoms with Gasteiger partial charge in [0.05, 0.1) is 7.11 Å². The molecule has 1 aromatic carbocycles. The third kappa shape index (κ3) is 4.93. The van der Waals surface area contributed by atoms with Crippen molar-refractivity contribution in [2.45, 2.75) is 39.0 Å². The zero-order valence-corrected chi connectivity index (χ0v) is 12.3. The normalized spacial score (nSPS) is 12.2. The van der Waals surface area contributed by atoms with Crippen molar-refractivity contribution in [3.8, 4) is 5.75 Å². The van der Waals surface area contributed by atoms with E-state index in [0.717, 1.165) is 25.7 Å². The highest BCUT2D eigenvalue weighted by molar-refractivity contribution is 5.96. The predicted octanol–water partition coefficient (Wildman–Crippen LogP) is 3.56. The van der Waals surface area contributed by atoms with Crippen LogP contribution in [0.5, 0.6) is 5.75 Å². The number of ketones is 1. The number of nitrogens with two attached hydrogens (primary N) is 1. The Kier molecular flexibility index (Phi) is 7.23. The number of hydrogen-bond acceptors (Lipinski definition) is 3. The van der Waals surface area contributed by atoms with Crippen molar-refractivity contribution in [1.82, 2.24) is 0 Å². The fraction of sp³-hybridized carbons (Fsp3) is 0.562. The summed E-state index contributed by atoms with van der Waals surface area (Å²) in [6.45, 7) is 2.78. The molecule has 4 heteroatoms. The molecule has 0 fully saturated rings. The molecule has 0 bridgehead atoms. The molecule has 0 aliphatic heterocycles. The van der Waals surface area contributed by atoms with E-state index >= 15 is 0 Å². The van der Waals surface area contributed by atoms with Crippen LogP contribution in [0.1, 0.15) is 49.4 Å². The molecule has 0 heterocycles. The number of rotatable bonds is 9. The number of ether oxygens (including phenoxy) is 1. The smallest absolute Gasteiger partial charge is 0.165 e. The summed E-state index contributed by atoms with van der Waals surface area (Å²) < 4.78 is 18.4. The lowest BCUT2D eigenvalue weighted by molar-refractivity contribution is 0.0971. The molecule has 0 aliphatic rings. The van der Waals surface area contributed by atoms with E-state index in [-0.39, 0.29) is 11.5 Å². The number of methoxy groups -OCH3 is 1. The molecule has 20 heavy (non-hydrogen) atoms. The molecule has 0 aliphatic carbocycles. The van der Waals surface area contributed by atoms with Gasteiger partial charge in [-0.05, 0) is 43.5 Å². The van der Waals surface area contributed by atoms with Crippen LogP contribution in [0.15, 0.2) is 18.2 Å². The van der Waals surface area contributed by atoms with Crippen LogP contribution in [0.2, 0.25) is 0 Å². The molecular weight excluding hydrogens is 257 g/mol. The molecule has 2 N–H and O–H groups in total. The van der Waals surface area contributed by atoms with Gasteiger partial charge in [0.2, 0.25) is 0 Å². The van der Waals surface area contributed by atoms with Gasteiger partial charge in [-0.3, -0.25) is 4.79 Å². The maximum Gasteiger partial charge on any atom is 0.165 e. The zero-order chi connectivity index (χ0) is 15.0. The number of hydrogen-bond donors (Lipinski definition) is 1. The van der Waals surface area contributed by atoms with Gasteiger partial charge in [-0.1, -0.05) is 19.8 Å². The van der Waals surface area contributed by atoms with Gasteiger partial charge in [-0.2, -0.15) is 0 Å². The molecule has 0 spiro atoms. The topological polar surface area (TPSA) is 52.3 Å². The summed E-state index contributed by atoms with van der Waals surface area (Å²) in [5.74, 6) is 0.126. The second kappa shape index (κ2) is 8.69. The van der Waals surface area contributed by atoms with Gasteiger partial charge in [-0.25, -0.2) is 4.39 Å². The quantitative estimate of drug-likeness (QED) is 0.704. The molecule has 0 saturated heterocycles. The molecule has 3 nitrogen and oxygen atoms in total. The van der Waals surface area contributed by atoms with Crippen LogP contribution in [0.4, 0.5) is 4.39 Å². The average molecular weight is 281 g/mol. The van der Waals surface area contributed by atoms with E-state index in [1.165, 1.54) is 19.2 Å². The second-order valence-corrected chi connectivity index (χ2v) is 5.04. The first-order chi connectivity index (χ1) is 9.62. The van der Waals surface area contributed by atoms with Crippen molar-refractivity contribution in [2.24, 2.45) is 11.7 Å². The Morgan fingerprint density at radius 2 is 2.10 bits per heavy atom. The van der Waals surface area contributed by atoms with Crippen LogP contribution in [0, 0.1) is 11.7 Å². The fourth-order valence-corrected chi connectivity index (χ4v) is 2.40. The summed E-state index contributed by atoms with van der Waals surface area (Å²) in [7, 11) is 1.40. The van der Waals surface area contributed by atoms with E-state index in [1.807, 2.05) is 0 Å². The van der Waals surface area contributed by atoms with Crippen LogP contribution in [0.3, 0.4) is 0 Å². The predicted molar refractivity (Wildman–Crippen MR) is 78.6 cm³/mol. The fourth-order valence-electron chi connectivity index (χ4n) is 2.40. The lowest BCUT2D eigenvalue weighted by Gasteiger charge is -2.14. The van der Waals surface area contributed by atoms with Crippen LogP contribution >= 0.6 is 0 Å². The van der Waals surface area contributed by atoms with Gasteiger partial charge in [0.1, 0.15) is 0 Å². The van der Waals surface area contributed by atoms with Crippen molar-refractivity contribution in [1.29, 1.82) is 0 Å². The van der Waals surface area contributed by atoms with E-state index in [9.17, 15) is 9.18 Å². The minimum absolute atomic E-state index is 0.0234. The molecule has 0 radical (unpaired) electrons. The molecule has 1 rings (SSSR count). The SMILES string of the molecule is CCCC(CCN)CCC(=O)c1ccc(OC)c(F)c1. The minimum atomic E-state index is -0.495. The second-order valence-electron chi connectivity index (χ2n) is 5.04. The average Bonchev–Trinajstić information content (AvgIpc) is 2.44. The van der Waals surface area contributed by atoms with Gasteiger partial charge in [0.25, 0.3) is 0 Å². The number of carbonyl (C=O) groups excluding carboxylic acids is 1. The van der Waals surface area contributed by atoms with Crippen LogP contribution in [-0.4, -0.2) is 19.4 Å². The standard InChI is InChI=1S/C16H24FNO2/c1-3-4-12(9-10-18)5-7-15(19)13-6-8-16(20-2)14(17)11-13/h6,8,11-12H,3-5,7,9-10,18H2,1-2H3. The number of Topliss-reactive ketones (excluding diaryl/α,β-unsaturated/α-hetero) is 1. The van der Waals surface area contributed by atoms with Crippen molar-refractivity contribution in [3.63, 3.8) is 0 Å². The Labute approximate surface area is 120 Å². The molecule has 0 aromatic heterocycles. The Balaban J connectivity index is 2.59. The van der Waals surface area contributed by atoms with Gasteiger partial charge < -0.3 is 10.5 Å². The Morgan fingerprint density at radius 1 is 1.35 bits per heavy atom. The van der Waals surface area contributed by atoms with Crippen molar-refractivity contribution >= 4 is 5.78 Å². The molecule has 112 valence electrons. The van der Waals surface area contributed by atoms with Gasteiger partial charge >= 0.3 is 0 Å². The third-order valence-electron chi connectivity index (χ3n) is 3.53. The summed E-state index contributed by atoms with van der Waals surface area (Å²) in [6.07, 6.45) is 4.38. The number of benzene rings is 1. The Hall–Kier alpha value is -1.42. The van der Waals surface area contributed by atoms with Gasteiger partial charge in [-0.15, -0.1) is 0 Å². The van der Waals surface area contributed by atoms with E-state index in [2.05, 4.69) is 6.92 Å². The summed E-state index contributed by atoms with van der Waals surface area (Å²) in [5.41, 5.74) is 5.99. The molecule has 1 unspecified atom stereocenters. The highest BCUT2D eigenvalue weighted by Crippen LogP contribution is 2.21. The first-order valence-electron chi connectivity index (χ1n) is 7.19. The number of carbonyl (C=O) groups is 1. The van der Waals surface area contributed by atoms with Crippen molar-refractivity contribution < 1.29 is 13.9 Å². The highest BCUT2D eigenvalue weighted by atomic mass is 19.1. The molecule has 1 atom stereocenters. The number of halogens is 1. The lowest BCUT2D eigenvalue weighted by atomic mass is 9.92. The largest absolute Gasteiger partial charge is 0.494 e. The van der Waals surface area contributed by atoms with Crippen LogP contribution < -0.4 is 10.5 Å². The van der Waals surface area contributed by atoms with E-state index in [1.54, 1.807) is 6.07 Å². The Morgan fingerprint density at radius 3 is 2.65 bits per heavy atom. The first kappa shape index (κ1) is 16.6. The Bertz CT molecular complexity index is 428. The highest BCUT2D eigenvalue weighted by Gasteiger charge is 2.13. The summed E-state index contributed by atoms with van der Waals surface area (Å²) in [6, 6.07) is 4.35. The van der Waals surface area contributed by atoms with Gasteiger partial charge in [0, 0.05) is 12.0 Å². The van der Waals surface area contributed by atoms with Crippen molar-refractivity contribution in [3.05, 3.63) is 29.6 Å². The first-order valence-corrected chi connectivity index (χ1v) is 7.19. The van der Waals surface area contributed by atoms with Crippen LogP contribution in [0.25, 0.3) is 0 Å². The van der Waals surface area contributed by atoms with Crippen molar-refractivity contribution in [2.75, 3.05) is 13.7 Å². The maximum absolute atomic E-state index is 13.6. The van der Waals surface area contributed by atoms with E-state index in [0.29, 0.717) is 24.4 Å². The third-order valence-corrected chi connectivity index (χ3v) is 3.53. The summed E-state index contributed by atoms with van der Waals surface area (Å²) >= 11 is 0. The zero-order valence-electron chi connectivity index (χ0n) is 12.3. The summed E-state index contributed by atoms with van der Waals surface area (Å²) in [5, 5.41) is 0. The summed E-state index contributed by atoms with van der Waals surface area (Å²) in [4.78, 5) is 12.1. The lowest BCUT2D eigenvalue weighted by Crippen LogP contribution is -2.11. The van der Waals surface area contributed by atoms with Crippen LogP contribution in [-0.2, 0) is 0 Å². The maximum atomic E-state index is 13.6. The molecule has 1 aromatic rings. The van der Waals surface area contributed by atoms with E-state index in [4.69, 9.17) is 10.5 Å². The van der Waals surface area contributed by atoms with Gasteiger partial charge in [0.15, 0.2) is 17.3 Å². The molecule has 0 saturated carbocycles. The molecular formula is C16H24FNO2.